The summed E-state index contributed by atoms with van der Waals surface area (Å²) in [7, 11) is 4.24. The molecular formula is C30H37N3O3. The van der Waals surface area contributed by atoms with Crippen molar-refractivity contribution in [2.45, 2.75) is 44.6 Å². The molecule has 3 heterocycles. The van der Waals surface area contributed by atoms with Gasteiger partial charge in [-0.3, -0.25) is 0 Å². The van der Waals surface area contributed by atoms with Crippen LogP contribution in [0.4, 0.5) is 0 Å². The number of carboxylic acid groups (broad SMARTS) is 1. The topological polar surface area (TPSA) is 57.9 Å². The first-order chi connectivity index (χ1) is 17.4. The number of ether oxygens (including phenoxy) is 1. The zero-order chi connectivity index (χ0) is 24.9. The summed E-state index contributed by atoms with van der Waals surface area (Å²) in [6.45, 7) is 5.63. The second kappa shape index (κ2) is 9.24. The number of fused-ring (bicyclic) bond motifs is 5. The standard InChI is InChI=1S/C30H37N3O3/c1-31(2)14-15-32-17-30(18-32)19-33-25-16-22(29(34)35)12-13-23(25)27(21-8-4-3-5-9-21)28(33)24-10-6-7-11-26(24)36-20-30/h6-7,10-13,16,21H,3-5,8-9,14-15,17-20H2,1-2H3,(H,34,35). The van der Waals surface area contributed by atoms with Crippen LogP contribution in [0.5, 0.6) is 5.75 Å². The van der Waals surface area contributed by atoms with Crippen molar-refractivity contribution in [2.24, 2.45) is 5.41 Å². The molecule has 1 spiro atoms. The Morgan fingerprint density at radius 1 is 1.08 bits per heavy atom. The molecule has 1 saturated carbocycles. The Labute approximate surface area is 213 Å². The molecule has 1 N–H and O–H groups in total. The molecule has 6 rings (SSSR count). The average molecular weight is 488 g/mol. The summed E-state index contributed by atoms with van der Waals surface area (Å²) in [6, 6.07) is 14.2. The van der Waals surface area contributed by atoms with Gasteiger partial charge < -0.3 is 24.2 Å². The molecule has 190 valence electrons. The highest BCUT2D eigenvalue weighted by Crippen LogP contribution is 2.49. The van der Waals surface area contributed by atoms with Crippen LogP contribution in [0.15, 0.2) is 42.5 Å². The predicted octanol–water partition coefficient (Wildman–Crippen LogP) is 5.31. The maximum absolute atomic E-state index is 12.0. The minimum atomic E-state index is -0.866. The summed E-state index contributed by atoms with van der Waals surface area (Å²) in [4.78, 5) is 16.7. The summed E-state index contributed by atoms with van der Waals surface area (Å²) >= 11 is 0. The van der Waals surface area contributed by atoms with E-state index >= 15 is 0 Å². The third-order valence-corrected chi connectivity index (χ3v) is 8.52. The van der Waals surface area contributed by atoms with E-state index in [9.17, 15) is 9.90 Å². The molecule has 2 aromatic carbocycles. The number of nitrogens with zero attached hydrogens (tertiary/aromatic N) is 3. The van der Waals surface area contributed by atoms with E-state index in [1.807, 2.05) is 6.07 Å². The number of benzene rings is 2. The lowest BCUT2D eigenvalue weighted by Crippen LogP contribution is -2.62. The quantitative estimate of drug-likeness (QED) is 0.529. The van der Waals surface area contributed by atoms with E-state index in [2.05, 4.69) is 58.8 Å². The van der Waals surface area contributed by atoms with Crippen LogP contribution in [-0.4, -0.2) is 72.3 Å². The van der Waals surface area contributed by atoms with Crippen LogP contribution >= 0.6 is 0 Å². The van der Waals surface area contributed by atoms with Crippen molar-refractivity contribution in [1.82, 2.24) is 14.4 Å². The third kappa shape index (κ3) is 4.10. The fourth-order valence-electron chi connectivity index (χ4n) is 6.76. The monoisotopic (exact) mass is 487 g/mol. The van der Waals surface area contributed by atoms with Gasteiger partial charge in [-0.05, 0) is 62.7 Å². The van der Waals surface area contributed by atoms with Crippen molar-refractivity contribution in [3.05, 3.63) is 53.6 Å². The maximum atomic E-state index is 12.0. The molecule has 0 atom stereocenters. The van der Waals surface area contributed by atoms with Gasteiger partial charge >= 0.3 is 5.97 Å². The minimum absolute atomic E-state index is 0.0175. The van der Waals surface area contributed by atoms with E-state index in [0.29, 0.717) is 18.1 Å². The number of likely N-dealkylation sites (tertiary alicyclic amines) is 1. The fourth-order valence-corrected chi connectivity index (χ4v) is 6.76. The molecule has 3 aliphatic rings. The summed E-state index contributed by atoms with van der Waals surface area (Å²) in [5.74, 6) is 0.576. The van der Waals surface area contributed by atoms with Crippen LogP contribution in [0.3, 0.4) is 0 Å². The van der Waals surface area contributed by atoms with Crippen molar-refractivity contribution < 1.29 is 14.6 Å². The summed E-state index contributed by atoms with van der Waals surface area (Å²) in [5, 5.41) is 11.0. The van der Waals surface area contributed by atoms with Gasteiger partial charge in [-0.2, -0.15) is 0 Å². The zero-order valence-electron chi connectivity index (χ0n) is 21.5. The van der Waals surface area contributed by atoms with Crippen LogP contribution in [0.25, 0.3) is 22.2 Å². The van der Waals surface area contributed by atoms with Gasteiger partial charge in [0.15, 0.2) is 0 Å². The molecule has 2 fully saturated rings. The van der Waals surface area contributed by atoms with E-state index in [-0.39, 0.29) is 5.41 Å². The number of aromatic nitrogens is 1. The molecule has 6 heteroatoms. The lowest BCUT2D eigenvalue weighted by Gasteiger charge is -2.51. The first-order valence-corrected chi connectivity index (χ1v) is 13.4. The van der Waals surface area contributed by atoms with Gasteiger partial charge in [0.2, 0.25) is 0 Å². The second-order valence-corrected chi connectivity index (χ2v) is 11.5. The number of carboxylic acids is 1. The van der Waals surface area contributed by atoms with Gasteiger partial charge in [0.1, 0.15) is 5.75 Å². The molecule has 0 unspecified atom stereocenters. The maximum Gasteiger partial charge on any atom is 0.335 e. The smallest absolute Gasteiger partial charge is 0.335 e. The van der Waals surface area contributed by atoms with E-state index in [1.54, 1.807) is 6.07 Å². The average Bonchev–Trinajstić information content (AvgIpc) is 3.16. The summed E-state index contributed by atoms with van der Waals surface area (Å²) < 4.78 is 9.04. The molecule has 1 aliphatic carbocycles. The van der Waals surface area contributed by atoms with E-state index in [1.165, 1.54) is 48.7 Å². The molecule has 2 aliphatic heterocycles. The first-order valence-electron chi connectivity index (χ1n) is 13.4. The van der Waals surface area contributed by atoms with Crippen molar-refractivity contribution in [2.75, 3.05) is 46.9 Å². The van der Waals surface area contributed by atoms with Crippen LogP contribution in [0.1, 0.15) is 53.9 Å². The highest BCUT2D eigenvalue weighted by molar-refractivity contribution is 5.98. The van der Waals surface area contributed by atoms with Crippen molar-refractivity contribution in [3.63, 3.8) is 0 Å². The second-order valence-electron chi connectivity index (χ2n) is 11.5. The van der Waals surface area contributed by atoms with Crippen molar-refractivity contribution >= 4 is 16.9 Å². The molecule has 3 aromatic rings. The molecule has 0 amide bonds. The number of hydrogen-bond donors (Lipinski definition) is 1. The first kappa shape index (κ1) is 23.6. The molecule has 1 aromatic heterocycles. The number of likely N-dealkylation sites (N-methyl/N-ethyl adjacent to an activating group) is 1. The molecule has 0 bridgehead atoms. The van der Waals surface area contributed by atoms with E-state index < -0.39 is 5.97 Å². The summed E-state index contributed by atoms with van der Waals surface area (Å²) in [5.41, 5.74) is 5.24. The predicted molar refractivity (Wildman–Crippen MR) is 143 cm³/mol. The van der Waals surface area contributed by atoms with Crippen LogP contribution in [0.2, 0.25) is 0 Å². The molecule has 6 nitrogen and oxygen atoms in total. The Morgan fingerprint density at radius 3 is 2.61 bits per heavy atom. The lowest BCUT2D eigenvalue weighted by molar-refractivity contribution is -0.0473. The zero-order valence-corrected chi connectivity index (χ0v) is 21.5. The molecular weight excluding hydrogens is 450 g/mol. The minimum Gasteiger partial charge on any atom is -0.492 e. The van der Waals surface area contributed by atoms with Crippen LogP contribution in [0, 0.1) is 5.41 Å². The number of carbonyl (C=O) groups is 1. The Bertz CT molecular complexity index is 1280. The van der Waals surface area contributed by atoms with Gasteiger partial charge in [-0.15, -0.1) is 0 Å². The fraction of sp³-hybridized carbons (Fsp3) is 0.500. The SMILES string of the molecule is CN(C)CCN1CC2(COc3ccccc3-c3c(C4CCCCC4)c4ccc(C(=O)O)cc4n3C2)C1. The highest BCUT2D eigenvalue weighted by atomic mass is 16.5. The van der Waals surface area contributed by atoms with Gasteiger partial charge in [0.05, 0.1) is 17.9 Å². The number of aromatic carboxylic acids is 1. The van der Waals surface area contributed by atoms with Crippen LogP contribution in [-0.2, 0) is 6.54 Å². The highest BCUT2D eigenvalue weighted by Gasteiger charge is 2.46. The number of hydrogen-bond acceptors (Lipinski definition) is 4. The largest absolute Gasteiger partial charge is 0.492 e. The van der Waals surface area contributed by atoms with Gasteiger partial charge in [0.25, 0.3) is 0 Å². The normalized spacial score (nSPS) is 19.9. The lowest BCUT2D eigenvalue weighted by atomic mass is 9.79. The van der Waals surface area contributed by atoms with E-state index in [4.69, 9.17) is 4.74 Å². The van der Waals surface area contributed by atoms with Crippen molar-refractivity contribution in [3.8, 4) is 17.0 Å². The van der Waals surface area contributed by atoms with Crippen molar-refractivity contribution in [1.29, 1.82) is 0 Å². The molecule has 1 saturated heterocycles. The Hall–Kier alpha value is -2.83. The third-order valence-electron chi connectivity index (χ3n) is 8.52. The van der Waals surface area contributed by atoms with Gasteiger partial charge in [0, 0.05) is 54.6 Å². The Kier molecular flexibility index (Phi) is 6.05. The van der Waals surface area contributed by atoms with Gasteiger partial charge in [-0.1, -0.05) is 37.5 Å². The van der Waals surface area contributed by atoms with E-state index in [0.717, 1.165) is 49.6 Å². The summed E-state index contributed by atoms with van der Waals surface area (Å²) in [6.07, 6.45) is 6.21. The molecule has 0 radical (unpaired) electrons. The Morgan fingerprint density at radius 2 is 1.86 bits per heavy atom. The number of rotatable bonds is 5. The van der Waals surface area contributed by atoms with Crippen LogP contribution < -0.4 is 4.74 Å². The number of para-hydroxylation sites is 1. The Balaban J connectivity index is 1.52. The van der Waals surface area contributed by atoms with Gasteiger partial charge in [-0.25, -0.2) is 4.79 Å². The molecule has 36 heavy (non-hydrogen) atoms.